The van der Waals surface area contributed by atoms with Crippen LogP contribution < -0.4 is 10.6 Å². The van der Waals surface area contributed by atoms with Crippen molar-refractivity contribution < 1.29 is 4.79 Å². The Bertz CT molecular complexity index is 477. The Hall–Kier alpha value is -1.56. The van der Waals surface area contributed by atoms with Crippen LogP contribution in [0.1, 0.15) is 18.9 Å². The predicted molar refractivity (Wildman–Crippen MR) is 74.8 cm³/mol. The van der Waals surface area contributed by atoms with Crippen LogP contribution in [-0.4, -0.2) is 29.4 Å². The van der Waals surface area contributed by atoms with Gasteiger partial charge in [0.1, 0.15) is 0 Å². The molecule has 6 heteroatoms. The second-order valence-corrected chi connectivity index (χ2v) is 5.39. The van der Waals surface area contributed by atoms with Gasteiger partial charge < -0.3 is 10.6 Å². The van der Waals surface area contributed by atoms with Crippen molar-refractivity contribution in [2.75, 3.05) is 18.1 Å². The topological polar surface area (TPSA) is 66.4 Å². The lowest BCUT2D eigenvalue weighted by molar-refractivity contribution is -0.105. The number of carbonyl (C=O) groups is 1. The van der Waals surface area contributed by atoms with Crippen LogP contribution in [0.4, 0.5) is 5.69 Å². The summed E-state index contributed by atoms with van der Waals surface area (Å²) in [5.41, 5.74) is 1.57. The van der Waals surface area contributed by atoms with Crippen molar-refractivity contribution in [3.63, 3.8) is 0 Å². The Kier molecular flexibility index (Phi) is 3.86. The van der Waals surface area contributed by atoms with Gasteiger partial charge in [-0.1, -0.05) is 11.8 Å². The summed E-state index contributed by atoms with van der Waals surface area (Å²) in [6.07, 6.45) is 5.11. The van der Waals surface area contributed by atoms with Crippen LogP contribution in [0.25, 0.3) is 0 Å². The highest BCUT2D eigenvalue weighted by atomic mass is 32.2. The molecule has 0 bridgehead atoms. The van der Waals surface area contributed by atoms with E-state index in [1.54, 1.807) is 25.0 Å². The third-order valence-electron chi connectivity index (χ3n) is 3.03. The molecule has 1 aliphatic heterocycles. The molecular weight excluding hydrogens is 248 g/mol. The van der Waals surface area contributed by atoms with E-state index in [-0.39, 0.29) is 5.54 Å². The molecule has 1 atom stereocenters. The maximum absolute atomic E-state index is 10.5. The number of aliphatic imine (C=N–C) groups is 1. The normalized spacial score (nSPS) is 25.6. The first-order valence-electron chi connectivity index (χ1n) is 5.71. The van der Waals surface area contributed by atoms with Gasteiger partial charge in [-0.05, 0) is 25.0 Å². The molecule has 0 saturated carbocycles. The zero-order valence-corrected chi connectivity index (χ0v) is 11.3. The fourth-order valence-corrected chi connectivity index (χ4v) is 3.04. The quantitative estimate of drug-likeness (QED) is 0.813. The van der Waals surface area contributed by atoms with Gasteiger partial charge in [0.15, 0.2) is 5.17 Å². The number of thioether (sulfide) groups is 1. The van der Waals surface area contributed by atoms with E-state index in [0.717, 1.165) is 22.9 Å². The smallest absolute Gasteiger partial charge is 0.211 e. The maximum Gasteiger partial charge on any atom is 0.211 e. The minimum Gasteiger partial charge on any atom is -0.356 e. The highest BCUT2D eigenvalue weighted by molar-refractivity contribution is 8.13. The second kappa shape index (κ2) is 5.39. The molecule has 1 aromatic rings. The zero-order valence-electron chi connectivity index (χ0n) is 10.4. The molecule has 18 heavy (non-hydrogen) atoms. The van der Waals surface area contributed by atoms with Crippen LogP contribution in [0.5, 0.6) is 0 Å². The van der Waals surface area contributed by atoms with Gasteiger partial charge >= 0.3 is 0 Å². The molecule has 1 aliphatic rings. The average Bonchev–Trinajstić information content (AvgIpc) is 2.39. The van der Waals surface area contributed by atoms with Crippen molar-refractivity contribution >= 4 is 29.0 Å². The van der Waals surface area contributed by atoms with Gasteiger partial charge in [-0.15, -0.1) is 0 Å². The minimum atomic E-state index is -0.187. The standard InChI is InChI=1S/C12H16N4OS/c1-12(3-4-18-11(13-2)16-12)9-5-10(15-8-17)7-14-6-9/h5-8H,3-4H2,1-2H3,(H,13,16)(H,15,17). The molecule has 96 valence electrons. The Morgan fingerprint density at radius 3 is 3.17 bits per heavy atom. The monoisotopic (exact) mass is 264 g/mol. The Labute approximate surface area is 110 Å². The van der Waals surface area contributed by atoms with E-state index in [4.69, 9.17) is 0 Å². The lowest BCUT2D eigenvalue weighted by Crippen LogP contribution is -2.46. The van der Waals surface area contributed by atoms with Crippen LogP contribution in [-0.2, 0) is 10.3 Å². The van der Waals surface area contributed by atoms with Crippen LogP contribution in [0, 0.1) is 0 Å². The largest absolute Gasteiger partial charge is 0.356 e. The van der Waals surface area contributed by atoms with E-state index in [2.05, 4.69) is 27.5 Å². The Balaban J connectivity index is 2.28. The predicted octanol–water partition coefficient (Wildman–Crippen LogP) is 1.58. The average molecular weight is 264 g/mol. The van der Waals surface area contributed by atoms with Crippen molar-refractivity contribution in [1.29, 1.82) is 0 Å². The molecule has 1 unspecified atom stereocenters. The fraction of sp³-hybridized carbons (Fsp3) is 0.417. The van der Waals surface area contributed by atoms with Crippen LogP contribution in [0.2, 0.25) is 0 Å². The first-order chi connectivity index (χ1) is 8.68. The summed E-state index contributed by atoms with van der Waals surface area (Å²) < 4.78 is 0. The van der Waals surface area contributed by atoms with Gasteiger partial charge in [0.05, 0.1) is 17.4 Å². The number of amides is 1. The third-order valence-corrected chi connectivity index (χ3v) is 3.99. The van der Waals surface area contributed by atoms with Crippen molar-refractivity contribution in [3.05, 3.63) is 24.0 Å². The number of carbonyl (C=O) groups excluding carboxylic acids is 1. The molecule has 5 nitrogen and oxygen atoms in total. The summed E-state index contributed by atoms with van der Waals surface area (Å²) in [5, 5.41) is 6.99. The first-order valence-corrected chi connectivity index (χ1v) is 6.70. The van der Waals surface area contributed by atoms with Crippen molar-refractivity contribution in [2.24, 2.45) is 4.99 Å². The lowest BCUT2D eigenvalue weighted by Gasteiger charge is -2.36. The molecule has 0 aromatic carbocycles. The molecule has 0 spiro atoms. The van der Waals surface area contributed by atoms with Gasteiger partial charge in [0.2, 0.25) is 6.41 Å². The lowest BCUT2D eigenvalue weighted by atomic mass is 9.90. The number of hydrogen-bond acceptors (Lipinski definition) is 4. The number of hydrogen-bond donors (Lipinski definition) is 2. The fourth-order valence-electron chi connectivity index (χ4n) is 1.91. The molecular formula is C12H16N4OS. The summed E-state index contributed by atoms with van der Waals surface area (Å²) in [6.45, 7) is 2.12. The van der Waals surface area contributed by atoms with E-state index >= 15 is 0 Å². The number of aromatic nitrogens is 1. The number of nitrogens with zero attached hydrogens (tertiary/aromatic N) is 2. The van der Waals surface area contributed by atoms with Gasteiger partial charge in [0.25, 0.3) is 0 Å². The number of anilines is 1. The maximum atomic E-state index is 10.5. The Morgan fingerprint density at radius 1 is 1.61 bits per heavy atom. The van der Waals surface area contributed by atoms with E-state index in [1.807, 2.05) is 12.3 Å². The van der Waals surface area contributed by atoms with Crippen molar-refractivity contribution in [1.82, 2.24) is 10.3 Å². The van der Waals surface area contributed by atoms with Crippen molar-refractivity contribution in [2.45, 2.75) is 18.9 Å². The highest BCUT2D eigenvalue weighted by Gasteiger charge is 2.31. The number of pyridine rings is 1. The first kappa shape index (κ1) is 12.9. The molecule has 1 amide bonds. The molecule has 1 aromatic heterocycles. The van der Waals surface area contributed by atoms with E-state index in [9.17, 15) is 4.79 Å². The molecule has 0 radical (unpaired) electrons. The summed E-state index contributed by atoms with van der Waals surface area (Å²) in [4.78, 5) is 18.8. The summed E-state index contributed by atoms with van der Waals surface area (Å²) in [5.74, 6) is 1.02. The highest BCUT2D eigenvalue weighted by Crippen LogP contribution is 2.32. The third kappa shape index (κ3) is 2.64. The Morgan fingerprint density at radius 2 is 2.44 bits per heavy atom. The summed E-state index contributed by atoms with van der Waals surface area (Å²) in [6, 6.07) is 1.94. The van der Waals surface area contributed by atoms with Gasteiger partial charge in [-0.3, -0.25) is 14.8 Å². The number of nitrogens with one attached hydrogen (secondary N) is 2. The molecule has 2 rings (SSSR count). The summed E-state index contributed by atoms with van der Waals surface area (Å²) in [7, 11) is 1.78. The molecule has 1 saturated heterocycles. The molecule has 2 N–H and O–H groups in total. The zero-order chi connectivity index (χ0) is 13.0. The number of amidine groups is 1. The van der Waals surface area contributed by atoms with Crippen molar-refractivity contribution in [3.8, 4) is 0 Å². The molecule has 1 fully saturated rings. The van der Waals surface area contributed by atoms with E-state index < -0.39 is 0 Å². The van der Waals surface area contributed by atoms with Gasteiger partial charge in [-0.2, -0.15) is 0 Å². The second-order valence-electron chi connectivity index (χ2n) is 4.31. The molecule has 2 heterocycles. The number of rotatable bonds is 3. The van der Waals surface area contributed by atoms with E-state index in [1.165, 1.54) is 0 Å². The van der Waals surface area contributed by atoms with Crippen LogP contribution in [0.15, 0.2) is 23.5 Å². The van der Waals surface area contributed by atoms with Crippen LogP contribution >= 0.6 is 11.8 Å². The van der Waals surface area contributed by atoms with E-state index in [0.29, 0.717) is 12.1 Å². The SMILES string of the molecule is CN=C1NC(C)(c2cncc(NC=O)c2)CCS1. The van der Waals surface area contributed by atoms with Crippen LogP contribution in [0.3, 0.4) is 0 Å². The summed E-state index contributed by atoms with van der Waals surface area (Å²) >= 11 is 1.72. The van der Waals surface area contributed by atoms with Gasteiger partial charge in [-0.25, -0.2) is 0 Å². The molecule has 0 aliphatic carbocycles. The minimum absolute atomic E-state index is 0.187. The van der Waals surface area contributed by atoms with Gasteiger partial charge in [0, 0.05) is 19.0 Å².